The van der Waals surface area contributed by atoms with Gasteiger partial charge in [0.15, 0.2) is 0 Å². The Morgan fingerprint density at radius 1 is 1.25 bits per heavy atom. The van der Waals surface area contributed by atoms with E-state index in [1.54, 1.807) is 13.8 Å². The summed E-state index contributed by atoms with van der Waals surface area (Å²) in [5.41, 5.74) is 5.15. The van der Waals surface area contributed by atoms with Crippen molar-refractivity contribution in [2.45, 2.75) is 46.3 Å². The Bertz CT molecular complexity index is 252. The first-order chi connectivity index (χ1) is 7.25. The van der Waals surface area contributed by atoms with Crippen LogP contribution in [-0.4, -0.2) is 29.1 Å². The number of aliphatic hydroxyl groups excluding tert-OH is 1. The number of hydrogen-bond acceptors (Lipinski definition) is 3. The van der Waals surface area contributed by atoms with Crippen LogP contribution in [0.2, 0.25) is 0 Å². The van der Waals surface area contributed by atoms with Crippen molar-refractivity contribution in [2.24, 2.45) is 17.6 Å². The summed E-state index contributed by atoms with van der Waals surface area (Å²) in [6.45, 7) is 7.38. The number of carbonyl (C=O) groups is 2. The van der Waals surface area contributed by atoms with E-state index >= 15 is 0 Å². The van der Waals surface area contributed by atoms with Gasteiger partial charge < -0.3 is 16.2 Å². The molecule has 0 aromatic rings. The van der Waals surface area contributed by atoms with Crippen molar-refractivity contribution < 1.29 is 14.7 Å². The molecule has 16 heavy (non-hydrogen) atoms. The van der Waals surface area contributed by atoms with E-state index in [0.29, 0.717) is 6.42 Å². The van der Waals surface area contributed by atoms with Crippen LogP contribution in [0.1, 0.15) is 34.1 Å². The van der Waals surface area contributed by atoms with E-state index in [9.17, 15) is 14.7 Å². The molecule has 0 aliphatic carbocycles. The van der Waals surface area contributed by atoms with E-state index in [1.807, 2.05) is 13.8 Å². The molecular formula is C11H22N2O3. The Morgan fingerprint density at radius 2 is 1.75 bits per heavy atom. The molecule has 2 atom stereocenters. The molecule has 0 bridgehead atoms. The van der Waals surface area contributed by atoms with E-state index in [0.717, 1.165) is 0 Å². The van der Waals surface area contributed by atoms with Crippen LogP contribution in [0.25, 0.3) is 0 Å². The SMILES string of the molecule is CC(C)C[C@H](O)C(=O)N[C@H](C(N)=O)C(C)C. The fourth-order valence-electron chi connectivity index (χ4n) is 1.37. The van der Waals surface area contributed by atoms with Gasteiger partial charge >= 0.3 is 0 Å². The summed E-state index contributed by atoms with van der Waals surface area (Å²) in [7, 11) is 0. The predicted molar refractivity (Wildman–Crippen MR) is 61.4 cm³/mol. The summed E-state index contributed by atoms with van der Waals surface area (Å²) >= 11 is 0. The average Bonchev–Trinajstić information content (AvgIpc) is 2.11. The first kappa shape index (κ1) is 14.9. The van der Waals surface area contributed by atoms with Gasteiger partial charge in [0.25, 0.3) is 0 Å². The number of amides is 2. The summed E-state index contributed by atoms with van der Waals surface area (Å²) in [6, 6.07) is -0.727. The number of nitrogens with one attached hydrogen (secondary N) is 1. The number of hydrogen-bond donors (Lipinski definition) is 3. The van der Waals surface area contributed by atoms with Crippen LogP contribution in [0.5, 0.6) is 0 Å². The maximum Gasteiger partial charge on any atom is 0.249 e. The molecule has 0 rings (SSSR count). The highest BCUT2D eigenvalue weighted by molar-refractivity contribution is 5.88. The molecule has 2 amide bonds. The third kappa shape index (κ3) is 5.11. The topological polar surface area (TPSA) is 92.4 Å². The highest BCUT2D eigenvalue weighted by atomic mass is 16.3. The quantitative estimate of drug-likeness (QED) is 0.600. The summed E-state index contributed by atoms with van der Waals surface area (Å²) < 4.78 is 0. The van der Waals surface area contributed by atoms with Crippen LogP contribution in [0.4, 0.5) is 0 Å². The van der Waals surface area contributed by atoms with Crippen LogP contribution in [0.15, 0.2) is 0 Å². The molecule has 0 fully saturated rings. The van der Waals surface area contributed by atoms with E-state index in [-0.39, 0.29) is 11.8 Å². The van der Waals surface area contributed by atoms with E-state index in [4.69, 9.17) is 5.73 Å². The van der Waals surface area contributed by atoms with Gasteiger partial charge in [0.2, 0.25) is 11.8 Å². The molecule has 0 aromatic heterocycles. The average molecular weight is 230 g/mol. The van der Waals surface area contributed by atoms with Crippen molar-refractivity contribution in [3.63, 3.8) is 0 Å². The summed E-state index contributed by atoms with van der Waals surface area (Å²) in [6.07, 6.45) is -0.712. The number of rotatable bonds is 6. The summed E-state index contributed by atoms with van der Waals surface area (Å²) in [4.78, 5) is 22.6. The number of aliphatic hydroxyl groups is 1. The minimum absolute atomic E-state index is 0.0901. The lowest BCUT2D eigenvalue weighted by Gasteiger charge is -2.21. The molecule has 0 heterocycles. The Labute approximate surface area is 96.4 Å². The summed E-state index contributed by atoms with van der Waals surface area (Å²) in [5, 5.41) is 12.0. The van der Waals surface area contributed by atoms with Gasteiger partial charge in [-0.15, -0.1) is 0 Å². The molecule has 5 nitrogen and oxygen atoms in total. The fraction of sp³-hybridized carbons (Fsp3) is 0.818. The summed E-state index contributed by atoms with van der Waals surface area (Å²) in [5.74, 6) is -0.995. The van der Waals surface area contributed by atoms with Gasteiger partial charge in [-0.1, -0.05) is 27.7 Å². The Balaban J connectivity index is 4.35. The second-order valence-electron chi connectivity index (χ2n) is 4.78. The number of primary amides is 1. The minimum atomic E-state index is -1.08. The van der Waals surface area contributed by atoms with Crippen molar-refractivity contribution in [3.05, 3.63) is 0 Å². The zero-order chi connectivity index (χ0) is 12.9. The lowest BCUT2D eigenvalue weighted by Crippen LogP contribution is -2.50. The van der Waals surface area contributed by atoms with Crippen molar-refractivity contribution in [3.8, 4) is 0 Å². The predicted octanol–water partition coefficient (Wildman–Crippen LogP) is 0.0195. The van der Waals surface area contributed by atoms with Crippen molar-refractivity contribution in [2.75, 3.05) is 0 Å². The highest BCUT2D eigenvalue weighted by Gasteiger charge is 2.25. The number of carbonyl (C=O) groups excluding carboxylic acids is 2. The lowest BCUT2D eigenvalue weighted by atomic mass is 10.0. The van der Waals surface area contributed by atoms with Crippen molar-refractivity contribution in [1.82, 2.24) is 5.32 Å². The molecule has 4 N–H and O–H groups in total. The fourth-order valence-corrected chi connectivity index (χ4v) is 1.37. The van der Waals surface area contributed by atoms with Crippen LogP contribution >= 0.6 is 0 Å². The lowest BCUT2D eigenvalue weighted by molar-refractivity contribution is -0.134. The van der Waals surface area contributed by atoms with Gasteiger partial charge in [-0.3, -0.25) is 9.59 Å². The molecule has 94 valence electrons. The van der Waals surface area contributed by atoms with Gasteiger partial charge in [-0.25, -0.2) is 0 Å². The molecular weight excluding hydrogens is 208 g/mol. The molecule has 0 saturated heterocycles. The maximum atomic E-state index is 11.5. The first-order valence-corrected chi connectivity index (χ1v) is 5.53. The smallest absolute Gasteiger partial charge is 0.249 e. The zero-order valence-corrected chi connectivity index (χ0v) is 10.4. The third-order valence-electron chi connectivity index (χ3n) is 2.27. The largest absolute Gasteiger partial charge is 0.383 e. The van der Waals surface area contributed by atoms with Crippen molar-refractivity contribution in [1.29, 1.82) is 0 Å². The van der Waals surface area contributed by atoms with Gasteiger partial charge in [0, 0.05) is 0 Å². The standard InChI is InChI=1S/C11H22N2O3/c1-6(2)5-8(14)11(16)13-9(7(3)4)10(12)15/h6-9,14H,5H2,1-4H3,(H2,12,15)(H,13,16)/t8-,9-/m0/s1. The second kappa shape index (κ2) is 6.48. The molecule has 0 aromatic carbocycles. The Hall–Kier alpha value is -1.10. The molecule has 0 spiro atoms. The van der Waals surface area contributed by atoms with E-state index < -0.39 is 24.0 Å². The van der Waals surface area contributed by atoms with Gasteiger partial charge in [0.1, 0.15) is 12.1 Å². The zero-order valence-electron chi connectivity index (χ0n) is 10.4. The molecule has 0 aliphatic heterocycles. The normalized spacial score (nSPS) is 14.9. The second-order valence-corrected chi connectivity index (χ2v) is 4.78. The highest BCUT2D eigenvalue weighted by Crippen LogP contribution is 2.06. The molecule has 0 radical (unpaired) electrons. The van der Waals surface area contributed by atoms with Gasteiger partial charge in [-0.05, 0) is 18.3 Å². The van der Waals surface area contributed by atoms with E-state index in [2.05, 4.69) is 5.32 Å². The Morgan fingerprint density at radius 3 is 2.06 bits per heavy atom. The van der Waals surface area contributed by atoms with Crippen LogP contribution < -0.4 is 11.1 Å². The molecule has 0 unspecified atom stereocenters. The maximum absolute atomic E-state index is 11.5. The first-order valence-electron chi connectivity index (χ1n) is 5.53. The molecule has 0 aliphatic rings. The van der Waals surface area contributed by atoms with Gasteiger partial charge in [0.05, 0.1) is 0 Å². The van der Waals surface area contributed by atoms with Crippen LogP contribution in [-0.2, 0) is 9.59 Å². The third-order valence-corrected chi connectivity index (χ3v) is 2.27. The van der Waals surface area contributed by atoms with Crippen LogP contribution in [0, 0.1) is 11.8 Å². The van der Waals surface area contributed by atoms with E-state index in [1.165, 1.54) is 0 Å². The molecule has 5 heteroatoms. The number of nitrogens with two attached hydrogens (primary N) is 1. The molecule has 0 saturated carbocycles. The monoisotopic (exact) mass is 230 g/mol. The minimum Gasteiger partial charge on any atom is -0.383 e. The van der Waals surface area contributed by atoms with Gasteiger partial charge in [-0.2, -0.15) is 0 Å². The van der Waals surface area contributed by atoms with Crippen molar-refractivity contribution >= 4 is 11.8 Å². The Kier molecular flexibility index (Phi) is 6.03. The van der Waals surface area contributed by atoms with Crippen LogP contribution in [0.3, 0.4) is 0 Å².